The van der Waals surface area contributed by atoms with Crippen LogP contribution in [0.4, 0.5) is 17.1 Å². The lowest BCUT2D eigenvalue weighted by Gasteiger charge is -2.36. The molecule has 5 nitrogen and oxygen atoms in total. The lowest BCUT2D eigenvalue weighted by molar-refractivity contribution is 0.0746. The molecule has 1 aromatic heterocycles. The normalized spacial score (nSPS) is 12.5. The first-order valence-electron chi connectivity index (χ1n) is 13.3. The molecule has 5 heteroatoms. The summed E-state index contributed by atoms with van der Waals surface area (Å²) in [6.45, 7) is 14.6. The van der Waals surface area contributed by atoms with Gasteiger partial charge in [0.2, 0.25) is 0 Å². The Morgan fingerprint density at radius 3 is 1.44 bits per heavy atom. The summed E-state index contributed by atoms with van der Waals surface area (Å²) in [5.74, 6) is 0. The van der Waals surface area contributed by atoms with Crippen LogP contribution in [0.15, 0.2) is 78.9 Å². The van der Waals surface area contributed by atoms with Gasteiger partial charge in [0.1, 0.15) is 5.60 Å². The van der Waals surface area contributed by atoms with Crippen LogP contribution in [-0.2, 0) is 16.8 Å². The number of benzene rings is 3. The van der Waals surface area contributed by atoms with E-state index in [0.717, 1.165) is 33.8 Å². The van der Waals surface area contributed by atoms with Crippen LogP contribution < -0.4 is 4.90 Å². The van der Waals surface area contributed by atoms with E-state index in [1.807, 2.05) is 71.6 Å². The maximum atomic E-state index is 11.5. The van der Waals surface area contributed by atoms with Crippen molar-refractivity contribution in [2.24, 2.45) is 0 Å². The smallest absolute Gasteiger partial charge is 0.103 e. The summed E-state index contributed by atoms with van der Waals surface area (Å²) in [7, 11) is 0. The van der Waals surface area contributed by atoms with E-state index in [0.29, 0.717) is 22.5 Å². The molecule has 4 aromatic rings. The van der Waals surface area contributed by atoms with Gasteiger partial charge in [0.15, 0.2) is 0 Å². The van der Waals surface area contributed by atoms with Gasteiger partial charge in [-0.25, -0.2) is 4.98 Å². The molecule has 0 aliphatic heterocycles. The van der Waals surface area contributed by atoms with Crippen molar-refractivity contribution in [1.82, 2.24) is 4.98 Å². The van der Waals surface area contributed by atoms with Crippen molar-refractivity contribution in [3.63, 3.8) is 0 Å². The second-order valence-corrected chi connectivity index (χ2v) is 11.9. The summed E-state index contributed by atoms with van der Waals surface area (Å²) in [4.78, 5) is 7.07. The molecule has 3 N–H and O–H groups in total. The van der Waals surface area contributed by atoms with Crippen molar-refractivity contribution in [2.45, 2.75) is 72.2 Å². The number of hydrogen-bond acceptors (Lipinski definition) is 5. The monoisotopic (exact) mass is 524 g/mol. The number of pyridine rings is 1. The molecule has 0 amide bonds. The topological polar surface area (TPSA) is 76.8 Å². The second-order valence-electron chi connectivity index (χ2n) is 11.9. The van der Waals surface area contributed by atoms with Gasteiger partial charge in [-0.1, -0.05) is 54.6 Å². The van der Waals surface area contributed by atoms with Gasteiger partial charge in [0.05, 0.1) is 39.7 Å². The molecule has 0 aliphatic carbocycles. The molecule has 39 heavy (non-hydrogen) atoms. The molecule has 0 fully saturated rings. The summed E-state index contributed by atoms with van der Waals surface area (Å²) in [5, 5.41) is 33.9. The first-order valence-corrected chi connectivity index (χ1v) is 13.3. The van der Waals surface area contributed by atoms with E-state index in [-0.39, 0.29) is 0 Å². The molecule has 0 aliphatic rings. The third-order valence-electron chi connectivity index (χ3n) is 7.04. The maximum absolute atomic E-state index is 11.5. The minimum atomic E-state index is -1.30. The predicted octanol–water partition coefficient (Wildman–Crippen LogP) is 7.52. The van der Waals surface area contributed by atoms with Crippen LogP contribution in [-0.4, -0.2) is 20.3 Å². The average molecular weight is 525 g/mol. The van der Waals surface area contributed by atoms with E-state index < -0.39 is 16.8 Å². The molecular weight excluding hydrogens is 484 g/mol. The molecule has 4 rings (SSSR count). The third-order valence-corrected chi connectivity index (χ3v) is 7.04. The zero-order valence-electron chi connectivity index (χ0n) is 24.2. The molecule has 1 heterocycles. The average Bonchev–Trinajstić information content (AvgIpc) is 2.83. The van der Waals surface area contributed by atoms with E-state index in [1.165, 1.54) is 0 Å². The number of para-hydroxylation sites is 2. The van der Waals surface area contributed by atoms with Gasteiger partial charge in [0.25, 0.3) is 0 Å². The first-order chi connectivity index (χ1) is 18.1. The van der Waals surface area contributed by atoms with Gasteiger partial charge >= 0.3 is 0 Å². The van der Waals surface area contributed by atoms with Crippen LogP contribution in [0.3, 0.4) is 0 Å². The van der Waals surface area contributed by atoms with Crippen LogP contribution in [0.1, 0.15) is 69.5 Å². The van der Waals surface area contributed by atoms with E-state index >= 15 is 0 Å². The van der Waals surface area contributed by atoms with Crippen molar-refractivity contribution < 1.29 is 15.3 Å². The summed E-state index contributed by atoms with van der Waals surface area (Å²) in [6, 6.07) is 25.4. The number of aliphatic hydroxyl groups is 3. The highest BCUT2D eigenvalue weighted by Crippen LogP contribution is 2.46. The Bertz CT molecular complexity index is 1410. The number of hydrogen-bond donors (Lipinski definition) is 3. The number of aryl methyl sites for hydroxylation is 2. The van der Waals surface area contributed by atoms with Gasteiger partial charge in [-0.2, -0.15) is 0 Å². The summed E-state index contributed by atoms with van der Waals surface area (Å²) < 4.78 is 0. The number of nitrogens with zero attached hydrogens (tertiary/aromatic N) is 2. The molecule has 0 saturated heterocycles. The third kappa shape index (κ3) is 5.76. The fourth-order valence-electron chi connectivity index (χ4n) is 5.20. The summed E-state index contributed by atoms with van der Waals surface area (Å²) in [6.07, 6.45) is 0. The van der Waals surface area contributed by atoms with Crippen LogP contribution in [0.2, 0.25) is 0 Å². The molecule has 0 unspecified atom stereocenters. The lowest BCUT2D eigenvalue weighted by atomic mass is 9.91. The molecule has 0 saturated carbocycles. The molecule has 0 spiro atoms. The fraction of sp³-hybridized carbons (Fsp3) is 0.324. The zero-order valence-corrected chi connectivity index (χ0v) is 24.2. The highest BCUT2D eigenvalue weighted by molar-refractivity contribution is 5.83. The second kappa shape index (κ2) is 10.2. The zero-order chi connectivity index (χ0) is 28.8. The van der Waals surface area contributed by atoms with Crippen molar-refractivity contribution in [2.75, 3.05) is 4.90 Å². The molecule has 0 bridgehead atoms. The number of anilines is 3. The Labute approximate surface area is 232 Å². The number of rotatable bonds is 7. The van der Waals surface area contributed by atoms with Crippen molar-refractivity contribution in [3.05, 3.63) is 107 Å². The Balaban J connectivity index is 2.11. The van der Waals surface area contributed by atoms with Crippen LogP contribution >= 0.6 is 0 Å². The molecule has 0 radical (unpaired) electrons. The lowest BCUT2D eigenvalue weighted by Crippen LogP contribution is -2.28. The van der Waals surface area contributed by atoms with Crippen LogP contribution in [0, 0.1) is 13.8 Å². The molecule has 3 aromatic carbocycles. The van der Waals surface area contributed by atoms with Gasteiger partial charge in [0, 0.05) is 16.7 Å². The van der Waals surface area contributed by atoms with E-state index in [1.54, 1.807) is 41.5 Å². The Morgan fingerprint density at radius 2 is 1.00 bits per heavy atom. The SMILES string of the molecule is Cc1cccc(C)c1-c1ccc(N(c2ccccc2C(C)(C)O)c2ccccc2C(C)(C)O)c(C(C)(C)O)n1. The van der Waals surface area contributed by atoms with E-state index in [2.05, 4.69) is 26.0 Å². The Morgan fingerprint density at radius 1 is 0.538 bits per heavy atom. The van der Waals surface area contributed by atoms with Crippen molar-refractivity contribution in [3.8, 4) is 11.3 Å². The van der Waals surface area contributed by atoms with Gasteiger partial charge < -0.3 is 20.2 Å². The van der Waals surface area contributed by atoms with Crippen LogP contribution in [0.5, 0.6) is 0 Å². The molecule has 204 valence electrons. The highest BCUT2D eigenvalue weighted by atomic mass is 16.3. The minimum Gasteiger partial charge on any atom is -0.386 e. The number of aromatic nitrogens is 1. The Kier molecular flexibility index (Phi) is 7.48. The van der Waals surface area contributed by atoms with Crippen molar-refractivity contribution in [1.29, 1.82) is 0 Å². The van der Waals surface area contributed by atoms with Gasteiger partial charge in [-0.3, -0.25) is 0 Å². The van der Waals surface area contributed by atoms with Crippen LogP contribution in [0.25, 0.3) is 11.3 Å². The summed E-state index contributed by atoms with van der Waals surface area (Å²) in [5.41, 5.74) is 4.43. The quantitative estimate of drug-likeness (QED) is 0.233. The summed E-state index contributed by atoms with van der Waals surface area (Å²) >= 11 is 0. The Hall–Kier alpha value is -3.51. The minimum absolute atomic E-state index is 0.485. The van der Waals surface area contributed by atoms with Gasteiger partial charge in [-0.15, -0.1) is 0 Å². The van der Waals surface area contributed by atoms with E-state index in [4.69, 9.17) is 4.98 Å². The molecule has 0 atom stereocenters. The van der Waals surface area contributed by atoms with Gasteiger partial charge in [-0.05, 0) is 90.8 Å². The molecular formula is C34H40N2O3. The standard InChI is InChI=1S/C34H40N2O3/c1-22-14-13-15-23(2)30(22)26-20-21-29(31(35-26)34(7,8)39)36(27-18-11-9-16-24(27)32(3,4)37)28-19-12-10-17-25(28)33(5,6)38/h9-21,37-39H,1-8H3. The maximum Gasteiger partial charge on any atom is 0.103 e. The van der Waals surface area contributed by atoms with Crippen molar-refractivity contribution >= 4 is 17.1 Å². The largest absolute Gasteiger partial charge is 0.386 e. The first kappa shape index (κ1) is 28.5. The highest BCUT2D eigenvalue weighted by Gasteiger charge is 2.33. The predicted molar refractivity (Wildman–Crippen MR) is 160 cm³/mol. The van der Waals surface area contributed by atoms with E-state index in [9.17, 15) is 15.3 Å². The fourth-order valence-corrected chi connectivity index (χ4v) is 5.20.